The summed E-state index contributed by atoms with van der Waals surface area (Å²) < 4.78 is 117. The zero-order valence-electron chi connectivity index (χ0n) is 12.3. The van der Waals surface area contributed by atoms with Crippen LogP contribution in [0.25, 0.3) is 0 Å². The summed E-state index contributed by atoms with van der Waals surface area (Å²) in [7, 11) is 0. The van der Waals surface area contributed by atoms with Crippen LogP contribution in [0, 0.1) is 5.92 Å². The molecule has 0 aromatic heterocycles. The van der Waals surface area contributed by atoms with Crippen LogP contribution in [0.15, 0.2) is 0 Å². The molecule has 9 heteroatoms. The van der Waals surface area contributed by atoms with Gasteiger partial charge in [-0.15, -0.1) is 0 Å². The van der Waals surface area contributed by atoms with Gasteiger partial charge in [0, 0.05) is 5.92 Å². The van der Waals surface area contributed by atoms with Gasteiger partial charge >= 0.3 is 23.9 Å². The van der Waals surface area contributed by atoms with Gasteiger partial charge < -0.3 is 0 Å². The van der Waals surface area contributed by atoms with Crippen LogP contribution in [0.3, 0.4) is 0 Å². The quantitative estimate of drug-likeness (QED) is 0.499. The van der Waals surface area contributed by atoms with Gasteiger partial charge in [0.1, 0.15) is 0 Å². The molecule has 1 saturated carbocycles. The number of alkyl halides is 9. The molecule has 0 amide bonds. The second-order valence-electron chi connectivity index (χ2n) is 6.02. The van der Waals surface area contributed by atoms with Crippen LogP contribution in [-0.2, 0) is 0 Å². The van der Waals surface area contributed by atoms with Crippen LogP contribution in [0.2, 0.25) is 0 Å². The standard InChI is InChI=1S/C14H19F9/c15-11(16,12(17,18)13(19,20)14(21,22)23)10-8-6-4-2-1-3-5-7-9-10/h10H,1-9H2. The molecule has 1 aliphatic carbocycles. The SMILES string of the molecule is FC(F)(F)C(F)(F)C(F)(F)C(F)(F)C1CCCCCCCCC1. The molecule has 1 fully saturated rings. The molecule has 0 radical (unpaired) electrons. The molecule has 0 saturated heterocycles. The van der Waals surface area contributed by atoms with Crippen molar-refractivity contribution >= 4 is 0 Å². The molecular weight excluding hydrogens is 339 g/mol. The van der Waals surface area contributed by atoms with E-state index >= 15 is 0 Å². The van der Waals surface area contributed by atoms with Gasteiger partial charge in [0.05, 0.1) is 0 Å². The average molecular weight is 358 g/mol. The Morgan fingerprint density at radius 1 is 0.478 bits per heavy atom. The lowest BCUT2D eigenvalue weighted by molar-refractivity contribution is -0.403. The highest BCUT2D eigenvalue weighted by Crippen LogP contribution is 2.56. The van der Waals surface area contributed by atoms with Gasteiger partial charge in [-0.2, -0.15) is 39.5 Å². The molecule has 0 spiro atoms. The van der Waals surface area contributed by atoms with Crippen LogP contribution in [-0.4, -0.2) is 23.9 Å². The van der Waals surface area contributed by atoms with E-state index in [-0.39, 0.29) is 12.8 Å². The molecule has 0 unspecified atom stereocenters. The molecule has 1 rings (SSSR count). The van der Waals surface area contributed by atoms with E-state index in [1.54, 1.807) is 0 Å². The van der Waals surface area contributed by atoms with E-state index in [0.29, 0.717) is 25.7 Å². The highest BCUT2D eigenvalue weighted by molar-refractivity contribution is 5.02. The second kappa shape index (κ2) is 7.09. The zero-order valence-corrected chi connectivity index (χ0v) is 12.3. The molecule has 0 nitrogen and oxygen atoms in total. The maximum absolute atomic E-state index is 13.9. The van der Waals surface area contributed by atoms with Gasteiger partial charge in [-0.1, -0.05) is 44.9 Å². The van der Waals surface area contributed by atoms with Crippen molar-refractivity contribution in [2.24, 2.45) is 5.92 Å². The van der Waals surface area contributed by atoms with Crippen molar-refractivity contribution in [2.45, 2.75) is 81.7 Å². The smallest absolute Gasteiger partial charge is 0.199 e. The molecule has 0 aromatic rings. The summed E-state index contributed by atoms with van der Waals surface area (Å²) >= 11 is 0. The van der Waals surface area contributed by atoms with E-state index in [0.717, 1.165) is 6.42 Å². The first-order valence-corrected chi connectivity index (χ1v) is 7.56. The van der Waals surface area contributed by atoms with Gasteiger partial charge in [-0.3, -0.25) is 0 Å². The summed E-state index contributed by atoms with van der Waals surface area (Å²) in [4.78, 5) is 0. The van der Waals surface area contributed by atoms with Gasteiger partial charge in [-0.25, -0.2) is 0 Å². The number of hydrogen-bond acceptors (Lipinski definition) is 0. The normalized spacial score (nSPS) is 21.3. The molecule has 0 aromatic carbocycles. The van der Waals surface area contributed by atoms with Crippen LogP contribution in [0.1, 0.15) is 57.8 Å². The predicted octanol–water partition coefficient (Wildman–Crippen LogP) is 6.60. The van der Waals surface area contributed by atoms with Crippen molar-refractivity contribution in [3.8, 4) is 0 Å². The molecule has 1 aliphatic rings. The summed E-state index contributed by atoms with van der Waals surface area (Å²) in [6.07, 6.45) is -4.31. The van der Waals surface area contributed by atoms with Crippen molar-refractivity contribution in [1.29, 1.82) is 0 Å². The topological polar surface area (TPSA) is 0 Å². The molecule has 138 valence electrons. The summed E-state index contributed by atoms with van der Waals surface area (Å²) in [6, 6.07) is 0. The monoisotopic (exact) mass is 358 g/mol. The first kappa shape index (κ1) is 20.4. The van der Waals surface area contributed by atoms with E-state index in [1.807, 2.05) is 0 Å². The molecule has 23 heavy (non-hydrogen) atoms. The number of hydrogen-bond donors (Lipinski definition) is 0. The van der Waals surface area contributed by atoms with Crippen LogP contribution >= 0.6 is 0 Å². The summed E-state index contributed by atoms with van der Waals surface area (Å²) in [6.45, 7) is 0. The first-order chi connectivity index (χ1) is 10.4. The lowest BCUT2D eigenvalue weighted by Gasteiger charge is -2.38. The highest BCUT2D eigenvalue weighted by atomic mass is 19.4. The number of halogens is 9. The minimum Gasteiger partial charge on any atom is -0.199 e. The average Bonchev–Trinajstić information content (AvgIpc) is 2.42. The van der Waals surface area contributed by atoms with Crippen molar-refractivity contribution in [1.82, 2.24) is 0 Å². The lowest BCUT2D eigenvalue weighted by Crippen LogP contribution is -2.63. The molecule has 0 heterocycles. The fourth-order valence-electron chi connectivity index (χ4n) is 2.82. The Hall–Kier alpha value is -0.630. The van der Waals surface area contributed by atoms with Crippen LogP contribution in [0.4, 0.5) is 39.5 Å². The van der Waals surface area contributed by atoms with E-state index in [9.17, 15) is 39.5 Å². The maximum atomic E-state index is 13.9. The summed E-state index contributed by atoms with van der Waals surface area (Å²) in [5.41, 5.74) is 0. The fraction of sp³-hybridized carbons (Fsp3) is 1.00. The molecule has 0 bridgehead atoms. The van der Waals surface area contributed by atoms with E-state index in [2.05, 4.69) is 0 Å². The van der Waals surface area contributed by atoms with Gasteiger partial charge in [0.25, 0.3) is 0 Å². The maximum Gasteiger partial charge on any atom is 0.460 e. The molecular formula is C14H19F9. The lowest BCUT2D eigenvalue weighted by atomic mass is 9.83. The fourth-order valence-corrected chi connectivity index (χ4v) is 2.82. The summed E-state index contributed by atoms with van der Waals surface area (Å²) in [5.74, 6) is -20.9. The third-order valence-corrected chi connectivity index (χ3v) is 4.29. The Bertz CT molecular complexity index is 363. The molecule has 0 aliphatic heterocycles. The van der Waals surface area contributed by atoms with Gasteiger partial charge in [0.15, 0.2) is 0 Å². The minimum atomic E-state index is -6.78. The first-order valence-electron chi connectivity index (χ1n) is 7.56. The van der Waals surface area contributed by atoms with Gasteiger partial charge in [0.2, 0.25) is 0 Å². The van der Waals surface area contributed by atoms with Crippen LogP contribution in [0.5, 0.6) is 0 Å². The molecule has 0 N–H and O–H groups in total. The Labute approximate surface area is 128 Å². The van der Waals surface area contributed by atoms with Crippen LogP contribution < -0.4 is 0 Å². The van der Waals surface area contributed by atoms with E-state index in [4.69, 9.17) is 0 Å². The summed E-state index contributed by atoms with van der Waals surface area (Å²) in [5, 5.41) is 0. The van der Waals surface area contributed by atoms with Crippen molar-refractivity contribution in [2.75, 3.05) is 0 Å². The van der Waals surface area contributed by atoms with E-state index < -0.39 is 42.7 Å². The predicted molar refractivity (Wildman–Crippen MR) is 65.9 cm³/mol. The third kappa shape index (κ3) is 4.07. The Kier molecular flexibility index (Phi) is 6.29. The van der Waals surface area contributed by atoms with Gasteiger partial charge in [-0.05, 0) is 12.8 Å². The van der Waals surface area contributed by atoms with Crippen molar-refractivity contribution in [3.63, 3.8) is 0 Å². The number of rotatable bonds is 3. The van der Waals surface area contributed by atoms with E-state index in [1.165, 1.54) is 0 Å². The Morgan fingerprint density at radius 2 is 0.826 bits per heavy atom. The highest BCUT2D eigenvalue weighted by Gasteiger charge is 2.82. The Morgan fingerprint density at radius 3 is 1.17 bits per heavy atom. The molecule has 0 atom stereocenters. The Balaban J connectivity index is 3.04. The van der Waals surface area contributed by atoms with Crippen molar-refractivity contribution < 1.29 is 39.5 Å². The zero-order chi connectivity index (χ0) is 17.9. The second-order valence-corrected chi connectivity index (χ2v) is 6.02. The largest absolute Gasteiger partial charge is 0.460 e. The third-order valence-electron chi connectivity index (χ3n) is 4.29. The van der Waals surface area contributed by atoms with Crippen molar-refractivity contribution in [3.05, 3.63) is 0 Å². The minimum absolute atomic E-state index is 0.105.